The van der Waals surface area contributed by atoms with Crippen molar-refractivity contribution in [1.82, 2.24) is 60.4 Å². The molecule has 0 unspecified atom stereocenters. The van der Waals surface area contributed by atoms with Gasteiger partial charge in [-0.3, -0.25) is 30.3 Å². The van der Waals surface area contributed by atoms with Crippen LogP contribution in [-0.4, -0.2) is 137 Å². The van der Waals surface area contributed by atoms with E-state index in [0.717, 1.165) is 123 Å². The van der Waals surface area contributed by atoms with Gasteiger partial charge < -0.3 is 30.3 Å². The third-order valence-electron chi connectivity index (χ3n) is 17.4. The van der Waals surface area contributed by atoms with E-state index in [4.69, 9.17) is 69.6 Å². The van der Waals surface area contributed by atoms with Gasteiger partial charge in [-0.2, -0.15) is 20.4 Å². The van der Waals surface area contributed by atoms with Gasteiger partial charge in [0, 0.05) is 84.2 Å². The topological polar surface area (TPSA) is 252 Å². The molecular formula is C73H82Cl6LiN12O7-. The van der Waals surface area contributed by atoms with Crippen LogP contribution in [0.1, 0.15) is 96.4 Å². The number of aryl methyl sites for hydroxylation is 1. The maximum atomic E-state index is 12.5. The zero-order valence-corrected chi connectivity index (χ0v) is 60.3. The third-order valence-corrected chi connectivity index (χ3v) is 18.7. The van der Waals surface area contributed by atoms with E-state index >= 15 is 0 Å². The van der Waals surface area contributed by atoms with E-state index in [1.807, 2.05) is 81.4 Å². The summed E-state index contributed by atoms with van der Waals surface area (Å²) in [5, 5.41) is 32.5. The molecule has 4 fully saturated rings. The summed E-state index contributed by atoms with van der Waals surface area (Å²) in [6.07, 6.45) is 15.5. The molecule has 0 atom stereocenters. The van der Waals surface area contributed by atoms with Crippen LogP contribution in [0.3, 0.4) is 0 Å². The van der Waals surface area contributed by atoms with Crippen LogP contribution in [0.2, 0.25) is 30.4 Å². The van der Waals surface area contributed by atoms with Crippen molar-refractivity contribution in [2.45, 2.75) is 103 Å². The number of nitrogens with zero attached hydrogens (tertiary/aromatic N) is 10. The Labute approximate surface area is 620 Å². The van der Waals surface area contributed by atoms with Gasteiger partial charge in [-0.05, 0) is 221 Å². The number of carbonyl (C=O) groups excluding carboxylic acids is 4. The molecule has 4 saturated heterocycles. The second-order valence-electron chi connectivity index (χ2n) is 24.7. The van der Waals surface area contributed by atoms with Gasteiger partial charge in [0.25, 0.3) is 11.1 Å². The molecule has 12 rings (SSSR count). The average molecular weight is 1460 g/mol. The summed E-state index contributed by atoms with van der Waals surface area (Å²) in [6.45, 7) is 7.03. The fourth-order valence-corrected chi connectivity index (χ4v) is 13.2. The Bertz CT molecular complexity index is 3900. The van der Waals surface area contributed by atoms with Gasteiger partial charge in [-0.1, -0.05) is 118 Å². The Morgan fingerprint density at radius 2 is 0.808 bits per heavy atom. The van der Waals surface area contributed by atoms with Crippen molar-refractivity contribution in [3.63, 3.8) is 0 Å². The number of nitrogens with one attached hydrogen (secondary N) is 2. The first kappa shape index (κ1) is 81.1. The Balaban J connectivity index is 0.000000200. The molecule has 0 bridgehead atoms. The molecule has 19 nitrogen and oxygen atoms in total. The van der Waals surface area contributed by atoms with Crippen LogP contribution >= 0.6 is 69.6 Å². The Kier molecular flexibility index (Phi) is 35.3. The Hall–Kier alpha value is -6.86. The number of hydrogen-bond donors (Lipinski definition) is 2. The predicted octanol–water partition coefficient (Wildman–Crippen LogP) is 9.20. The number of piperidine rings is 4. The summed E-state index contributed by atoms with van der Waals surface area (Å²) in [5.41, 5.74) is 7.20. The van der Waals surface area contributed by atoms with Gasteiger partial charge >= 0.3 is 18.9 Å². The molecule has 4 aliphatic heterocycles. The normalized spacial score (nSPS) is 14.9. The second-order valence-corrected chi connectivity index (χ2v) is 27.3. The minimum atomic E-state index is -0.256. The Morgan fingerprint density at radius 1 is 0.455 bits per heavy atom. The summed E-state index contributed by atoms with van der Waals surface area (Å²) in [6, 6.07) is 45.0. The van der Waals surface area contributed by atoms with E-state index < -0.39 is 0 Å². The van der Waals surface area contributed by atoms with Crippen molar-refractivity contribution in [1.29, 1.82) is 0 Å². The largest absolute Gasteiger partial charge is 1.00 e. The molecule has 0 radical (unpaired) electrons. The van der Waals surface area contributed by atoms with Gasteiger partial charge in [0.05, 0.1) is 36.3 Å². The summed E-state index contributed by atoms with van der Waals surface area (Å²) in [5.74, 6) is 2.85. The number of H-pyrrole nitrogens is 1. The molecule has 8 heterocycles. The minimum Gasteiger partial charge on any atom is -0.870 e. The molecule has 4 aromatic heterocycles. The van der Waals surface area contributed by atoms with Crippen molar-refractivity contribution < 1.29 is 43.5 Å². The van der Waals surface area contributed by atoms with Crippen LogP contribution in [0.5, 0.6) is 0 Å². The molecule has 4 aromatic carbocycles. The van der Waals surface area contributed by atoms with Crippen LogP contribution in [0.15, 0.2) is 155 Å². The summed E-state index contributed by atoms with van der Waals surface area (Å²) in [4.78, 5) is 75.1. The number of likely N-dealkylation sites (tertiary alicyclic amines) is 3. The van der Waals surface area contributed by atoms with E-state index in [2.05, 4.69) is 71.3 Å². The van der Waals surface area contributed by atoms with Crippen molar-refractivity contribution in [2.75, 3.05) is 52.4 Å². The molecule has 0 saturated carbocycles. The van der Waals surface area contributed by atoms with Crippen molar-refractivity contribution in [3.8, 4) is 0 Å². The fraction of sp³-hybridized carbons (Fsp3) is 0.397. The van der Waals surface area contributed by atoms with E-state index in [9.17, 15) is 28.8 Å². The fourth-order valence-electron chi connectivity index (χ4n) is 12.1. The monoisotopic (exact) mass is 1460 g/mol. The summed E-state index contributed by atoms with van der Waals surface area (Å²) >= 11 is 35.2. The number of aromatic amines is 1. The average Bonchev–Trinajstić information content (AvgIpc) is 0.920. The molecular weight excluding hydrogens is 1380 g/mol. The van der Waals surface area contributed by atoms with Crippen LogP contribution in [0.4, 0.5) is 0 Å². The summed E-state index contributed by atoms with van der Waals surface area (Å²) < 4.78 is 1.26. The smallest absolute Gasteiger partial charge is 0.870 e. The maximum absolute atomic E-state index is 12.5. The van der Waals surface area contributed by atoms with Crippen LogP contribution in [0.25, 0.3) is 0 Å². The second kappa shape index (κ2) is 43.1. The molecule has 3 N–H and O–H groups in total. The van der Waals surface area contributed by atoms with Gasteiger partial charge in [0.15, 0.2) is 10.3 Å². The van der Waals surface area contributed by atoms with E-state index in [0.29, 0.717) is 50.8 Å². The first-order valence-electron chi connectivity index (χ1n) is 32.8. The number of benzene rings is 4. The SMILES string of the molecule is Clc1cccc(CC2CCNCC2)c1.Cn1nc(CC(=O)N2CCC(Cc3cccc(Cl)c3)CC2)ccc1=O.O=C(Cc1ccc(=O)[nH]n1)N1CCC(Cc2cccc(Cl)c2)CC1.O=C(Cc1ccc(Cl)nn1)N1CCC(Cc2cccc(Cl)c2)CC1.O=[C-]Cc1ccc(Cl)nn1.[Li+].[OH-]. The molecule has 0 spiro atoms. The zero-order valence-electron chi connectivity index (χ0n) is 55.8. The summed E-state index contributed by atoms with van der Waals surface area (Å²) in [7, 11) is 1.59. The number of halogens is 6. The van der Waals surface area contributed by atoms with E-state index in [-0.39, 0.29) is 78.9 Å². The quantitative estimate of drug-likeness (QED) is 0.0676. The Morgan fingerprint density at radius 3 is 1.15 bits per heavy atom. The number of aromatic nitrogens is 8. The van der Waals surface area contributed by atoms with Crippen molar-refractivity contribution >= 4 is 93.6 Å². The maximum Gasteiger partial charge on any atom is 1.00 e. The molecule has 3 amide bonds. The molecule has 0 aliphatic carbocycles. The minimum absolute atomic E-state index is 0. The standard InChI is InChI=1S/C19H22ClN3O2.C18H19Cl2N3O.C18H20ClN3O2.C12H16ClN.C6H4ClN2O.Li.H2O/c1-22-18(24)6-5-17(21-22)13-19(25)23-9-7-14(8-10-23)11-15-3-2-4-16(20)12-15;19-15-3-1-2-14(11-15)10-13-6-8-23(9-7-13)18(24)12-16-4-5-17(20)22-21-16;19-15-3-1-2-14(11-15)10-13-6-8-22(9-7-13)18(24)12-16-4-5-17(23)21-20-16;13-12-3-1-2-11(9-12)8-10-4-6-14-7-5-10;7-6-2-1-5(3-4-10)8-9-6;;/h2-6,12,14H,7-11,13H2,1H3;1-5,11,13H,6-10,12H2;1-5,11,13H,6-10,12H2,(H,21,23);1-3,9-10,14H,4-8H2;1-2H,3H2;;1H2/q;;;;-1;+1;/p-1. The molecule has 99 heavy (non-hydrogen) atoms. The number of carbonyl (C=O) groups is 3. The van der Waals surface area contributed by atoms with E-state index in [1.165, 1.54) is 71.4 Å². The van der Waals surface area contributed by atoms with Crippen molar-refractivity contribution in [2.24, 2.45) is 30.7 Å². The van der Waals surface area contributed by atoms with Gasteiger partial charge in [0.1, 0.15) is 0 Å². The number of rotatable bonds is 16. The number of amides is 3. The molecule has 8 aromatic rings. The van der Waals surface area contributed by atoms with Crippen molar-refractivity contribution in [3.05, 3.63) is 242 Å². The first-order valence-corrected chi connectivity index (χ1v) is 35.1. The van der Waals surface area contributed by atoms with Gasteiger partial charge in [0.2, 0.25) is 17.7 Å². The van der Waals surface area contributed by atoms with Crippen LogP contribution in [-0.2, 0) is 77.6 Å². The van der Waals surface area contributed by atoms with Gasteiger partial charge in [-0.15, -0.1) is 16.6 Å². The molecule has 26 heteroatoms. The zero-order chi connectivity index (χ0) is 68.9. The van der Waals surface area contributed by atoms with Crippen LogP contribution in [0, 0.1) is 23.7 Å². The predicted molar refractivity (Wildman–Crippen MR) is 385 cm³/mol. The van der Waals surface area contributed by atoms with Crippen LogP contribution < -0.4 is 35.3 Å². The molecule has 520 valence electrons. The van der Waals surface area contributed by atoms with Gasteiger partial charge in [-0.25, -0.2) is 9.78 Å². The van der Waals surface area contributed by atoms with E-state index in [1.54, 1.807) is 49.7 Å². The molecule has 4 aliphatic rings. The third kappa shape index (κ3) is 29.3. The number of hydrogen-bond acceptors (Lipinski definition) is 14. The first-order chi connectivity index (χ1) is 46.9.